The second-order valence-corrected chi connectivity index (χ2v) is 10.4. The normalized spacial score (nSPS) is 17.7. The van der Waals surface area contributed by atoms with E-state index in [1.807, 2.05) is 0 Å². The monoisotopic (exact) mass is 487 g/mol. The molecular formula is C22H19F2N5O4S. The first kappa shape index (κ1) is 22.2. The Morgan fingerprint density at radius 1 is 1.26 bits per heavy atom. The Bertz CT molecular complexity index is 1520. The van der Waals surface area contributed by atoms with Crippen LogP contribution in [0.5, 0.6) is 11.5 Å². The molecule has 0 amide bonds. The molecule has 1 N–H and O–H groups in total. The molecule has 9 nitrogen and oxygen atoms in total. The quantitative estimate of drug-likeness (QED) is 0.592. The van der Waals surface area contributed by atoms with Gasteiger partial charge in [-0.1, -0.05) is 0 Å². The van der Waals surface area contributed by atoms with Gasteiger partial charge >= 0.3 is 10.2 Å². The van der Waals surface area contributed by atoms with Crippen molar-refractivity contribution in [3.63, 3.8) is 0 Å². The van der Waals surface area contributed by atoms with Crippen LogP contribution in [0.15, 0.2) is 41.5 Å². The highest BCUT2D eigenvalue weighted by Crippen LogP contribution is 2.50. The van der Waals surface area contributed by atoms with Crippen LogP contribution in [-0.4, -0.2) is 41.5 Å². The molecule has 3 aromatic rings. The molecule has 34 heavy (non-hydrogen) atoms. The molecular weight excluding hydrogens is 468 g/mol. The van der Waals surface area contributed by atoms with Crippen LogP contribution in [-0.2, 0) is 17.3 Å². The number of aromatic nitrogens is 2. The number of rotatable bonds is 5. The maximum absolute atomic E-state index is 14.6. The van der Waals surface area contributed by atoms with E-state index in [1.165, 1.54) is 36.1 Å². The summed E-state index contributed by atoms with van der Waals surface area (Å²) in [5.41, 5.74) is -0.752. The highest BCUT2D eigenvalue weighted by atomic mass is 32.2. The lowest BCUT2D eigenvalue weighted by molar-refractivity contribution is -0.0643. The van der Waals surface area contributed by atoms with Crippen LogP contribution in [0.2, 0.25) is 0 Å². The van der Waals surface area contributed by atoms with E-state index >= 15 is 0 Å². The Labute approximate surface area is 193 Å². The molecule has 2 aliphatic rings. The number of fused-ring (bicyclic) bond motifs is 1. The largest absolute Gasteiger partial charge is 0.453 e. The van der Waals surface area contributed by atoms with Crippen molar-refractivity contribution >= 4 is 26.8 Å². The predicted octanol–water partition coefficient (Wildman–Crippen LogP) is 2.83. The minimum Gasteiger partial charge on any atom is -0.453 e. The highest BCUT2D eigenvalue weighted by Gasteiger charge is 2.56. The number of nitrogens with one attached hydrogen (secondary N) is 1. The molecule has 1 saturated heterocycles. The molecule has 2 fully saturated rings. The van der Waals surface area contributed by atoms with E-state index in [2.05, 4.69) is 9.71 Å². The zero-order valence-electron chi connectivity index (χ0n) is 18.0. The van der Waals surface area contributed by atoms with Crippen molar-refractivity contribution in [3.8, 4) is 17.6 Å². The molecule has 1 aliphatic carbocycles. The third-order valence-corrected chi connectivity index (χ3v) is 7.66. The second-order valence-electron chi connectivity index (χ2n) is 8.73. The van der Waals surface area contributed by atoms with Gasteiger partial charge in [0.15, 0.2) is 11.6 Å². The fourth-order valence-electron chi connectivity index (χ4n) is 4.44. The van der Waals surface area contributed by atoms with E-state index in [0.717, 1.165) is 16.4 Å². The van der Waals surface area contributed by atoms with E-state index < -0.39 is 27.9 Å². The number of benzene rings is 2. The number of aryl methyl sites for hydroxylation is 1. The Morgan fingerprint density at radius 2 is 2.00 bits per heavy atom. The summed E-state index contributed by atoms with van der Waals surface area (Å²) in [5.74, 6) is -1.30. The second kappa shape index (κ2) is 7.75. The minimum atomic E-state index is -4.04. The summed E-state index contributed by atoms with van der Waals surface area (Å²) in [6, 6.07) is 8.25. The lowest BCUT2D eigenvalue weighted by Crippen LogP contribution is -2.65. The van der Waals surface area contributed by atoms with Gasteiger partial charge in [-0.3, -0.25) is 9.52 Å². The molecule has 2 aromatic carbocycles. The SMILES string of the molecule is Cn1cnc2ccc(Oc3c(F)ccc(NS(=O)(=O)N4CC5(CC(F)C5)C4)c3C#N)cc2c1=O. The summed E-state index contributed by atoms with van der Waals surface area (Å²) >= 11 is 0. The third kappa shape index (κ3) is 3.66. The molecule has 2 heterocycles. The first-order valence-electron chi connectivity index (χ1n) is 10.4. The summed E-state index contributed by atoms with van der Waals surface area (Å²) < 4.78 is 63.7. The molecule has 0 unspecified atom stereocenters. The molecule has 1 aromatic heterocycles. The van der Waals surface area contributed by atoms with Crippen LogP contribution < -0.4 is 15.0 Å². The first-order valence-corrected chi connectivity index (χ1v) is 11.8. The number of halogens is 2. The number of hydrogen-bond donors (Lipinski definition) is 1. The topological polar surface area (TPSA) is 117 Å². The molecule has 12 heteroatoms. The van der Waals surface area contributed by atoms with Gasteiger partial charge < -0.3 is 9.30 Å². The summed E-state index contributed by atoms with van der Waals surface area (Å²) in [5, 5.41) is 9.90. The van der Waals surface area contributed by atoms with Gasteiger partial charge in [0.05, 0.1) is 22.9 Å². The standard InChI is InChI=1S/C22H19F2N5O4S/c1-28-12-26-18-4-2-14(6-15(18)21(28)30)33-20-16(9-25)19(5-3-17(20)24)27-34(31,32)29-10-22(11-29)7-13(23)8-22/h2-6,12-13,27H,7-8,10-11H2,1H3. The van der Waals surface area contributed by atoms with Gasteiger partial charge in [-0.25, -0.2) is 13.8 Å². The Morgan fingerprint density at radius 3 is 2.68 bits per heavy atom. The lowest BCUT2D eigenvalue weighted by Gasteiger charge is -2.55. The van der Waals surface area contributed by atoms with Crippen molar-refractivity contribution in [1.29, 1.82) is 5.26 Å². The number of alkyl halides is 1. The van der Waals surface area contributed by atoms with Gasteiger partial charge in [0, 0.05) is 25.6 Å². The van der Waals surface area contributed by atoms with Gasteiger partial charge in [0.25, 0.3) is 5.56 Å². The lowest BCUT2D eigenvalue weighted by atomic mass is 9.63. The van der Waals surface area contributed by atoms with Crippen LogP contribution in [0.1, 0.15) is 18.4 Å². The fraction of sp³-hybridized carbons (Fsp3) is 0.318. The molecule has 1 spiro atoms. The highest BCUT2D eigenvalue weighted by molar-refractivity contribution is 7.90. The van der Waals surface area contributed by atoms with Gasteiger partial charge in [-0.15, -0.1) is 0 Å². The Kier molecular flexibility index (Phi) is 5.07. The minimum absolute atomic E-state index is 0.0726. The van der Waals surface area contributed by atoms with Gasteiger partial charge in [-0.05, 0) is 43.2 Å². The third-order valence-electron chi connectivity index (χ3n) is 6.24. The van der Waals surface area contributed by atoms with Crippen LogP contribution in [0.3, 0.4) is 0 Å². The number of anilines is 1. The number of ether oxygens (including phenoxy) is 1. The maximum Gasteiger partial charge on any atom is 0.301 e. The smallest absolute Gasteiger partial charge is 0.301 e. The zero-order valence-corrected chi connectivity index (χ0v) is 18.8. The molecule has 5 rings (SSSR count). The maximum atomic E-state index is 14.6. The summed E-state index contributed by atoms with van der Waals surface area (Å²) in [6.07, 6.45) is 1.14. The van der Waals surface area contributed by atoms with Crippen LogP contribution in [0.4, 0.5) is 14.5 Å². The van der Waals surface area contributed by atoms with Crippen LogP contribution in [0, 0.1) is 22.6 Å². The van der Waals surface area contributed by atoms with E-state index in [-0.39, 0.29) is 46.5 Å². The van der Waals surface area contributed by atoms with Crippen LogP contribution >= 0.6 is 0 Å². The summed E-state index contributed by atoms with van der Waals surface area (Å²) in [6.45, 7) is 0.380. The predicted molar refractivity (Wildman–Crippen MR) is 119 cm³/mol. The first-order chi connectivity index (χ1) is 16.1. The van der Waals surface area contributed by atoms with E-state index in [4.69, 9.17) is 4.74 Å². The zero-order chi connectivity index (χ0) is 24.3. The van der Waals surface area contributed by atoms with Crippen molar-refractivity contribution in [2.45, 2.75) is 19.0 Å². The summed E-state index contributed by atoms with van der Waals surface area (Å²) in [7, 11) is -2.50. The number of hydrogen-bond acceptors (Lipinski definition) is 6. The molecule has 0 atom stereocenters. The summed E-state index contributed by atoms with van der Waals surface area (Å²) in [4.78, 5) is 16.5. The molecule has 0 radical (unpaired) electrons. The van der Waals surface area contributed by atoms with Gasteiger partial charge in [0.1, 0.15) is 23.6 Å². The average molecular weight is 487 g/mol. The van der Waals surface area contributed by atoms with E-state index in [1.54, 1.807) is 6.07 Å². The Hall–Kier alpha value is -3.56. The van der Waals surface area contributed by atoms with Gasteiger partial charge in [-0.2, -0.15) is 18.0 Å². The molecule has 176 valence electrons. The Balaban J connectivity index is 1.43. The average Bonchev–Trinajstić information content (AvgIpc) is 2.74. The van der Waals surface area contributed by atoms with Crippen molar-refractivity contribution < 1.29 is 21.9 Å². The van der Waals surface area contributed by atoms with Gasteiger partial charge in [0.2, 0.25) is 0 Å². The molecule has 1 aliphatic heterocycles. The number of nitrogens with zero attached hydrogens (tertiary/aromatic N) is 4. The number of nitriles is 1. The van der Waals surface area contributed by atoms with Crippen molar-refractivity contribution in [1.82, 2.24) is 13.9 Å². The molecule has 0 bridgehead atoms. The van der Waals surface area contributed by atoms with Crippen LogP contribution in [0.25, 0.3) is 10.9 Å². The van der Waals surface area contributed by atoms with E-state index in [0.29, 0.717) is 18.4 Å². The molecule has 1 saturated carbocycles. The van der Waals surface area contributed by atoms with Crippen molar-refractivity contribution in [2.75, 3.05) is 17.8 Å². The van der Waals surface area contributed by atoms with Crippen molar-refractivity contribution in [2.24, 2.45) is 12.5 Å². The van der Waals surface area contributed by atoms with Crippen molar-refractivity contribution in [3.05, 3.63) is 58.4 Å². The van der Waals surface area contributed by atoms with E-state index in [9.17, 15) is 27.3 Å². The fourth-order valence-corrected chi connectivity index (χ4v) is 5.90.